The summed E-state index contributed by atoms with van der Waals surface area (Å²) >= 11 is 9.29. The van der Waals surface area contributed by atoms with E-state index in [0.717, 1.165) is 10.2 Å². The standard InChI is InChI=1S/C18H16BrClN2O2/c1-12-17(23)22(16-4-2-3-14(19)11-16)10-9-21(12)18(24)13-5-7-15(20)8-6-13/h2-8,11-12H,9-10H2,1H3/t12-/m1/s1. The molecule has 0 bridgehead atoms. The zero-order chi connectivity index (χ0) is 17.3. The summed E-state index contributed by atoms with van der Waals surface area (Å²) in [5, 5.41) is 0.579. The van der Waals surface area contributed by atoms with Crippen molar-refractivity contribution >= 4 is 45.0 Å². The number of rotatable bonds is 2. The Morgan fingerprint density at radius 2 is 1.88 bits per heavy atom. The molecule has 0 aliphatic carbocycles. The Morgan fingerprint density at radius 3 is 2.54 bits per heavy atom. The fourth-order valence-corrected chi connectivity index (χ4v) is 3.32. The predicted octanol–water partition coefficient (Wildman–Crippen LogP) is 3.98. The summed E-state index contributed by atoms with van der Waals surface area (Å²) in [5.74, 6) is -0.233. The normalized spacial score (nSPS) is 18.0. The van der Waals surface area contributed by atoms with Gasteiger partial charge in [0, 0.05) is 33.8 Å². The molecule has 0 spiro atoms. The van der Waals surface area contributed by atoms with Crippen LogP contribution in [0.4, 0.5) is 5.69 Å². The molecule has 124 valence electrons. The maximum atomic E-state index is 12.7. The summed E-state index contributed by atoms with van der Waals surface area (Å²) in [7, 11) is 0. The number of benzene rings is 2. The molecule has 6 heteroatoms. The highest BCUT2D eigenvalue weighted by Gasteiger charge is 2.35. The van der Waals surface area contributed by atoms with Crippen molar-refractivity contribution in [3.05, 3.63) is 63.6 Å². The third-order valence-corrected chi connectivity index (χ3v) is 4.87. The summed E-state index contributed by atoms with van der Waals surface area (Å²) in [6, 6.07) is 13.8. The molecule has 24 heavy (non-hydrogen) atoms. The average molecular weight is 408 g/mol. The molecule has 2 amide bonds. The summed E-state index contributed by atoms with van der Waals surface area (Å²) in [4.78, 5) is 28.7. The summed E-state index contributed by atoms with van der Waals surface area (Å²) in [6.07, 6.45) is 0. The van der Waals surface area contributed by atoms with Crippen molar-refractivity contribution in [2.75, 3.05) is 18.0 Å². The first kappa shape index (κ1) is 17.0. The van der Waals surface area contributed by atoms with Crippen LogP contribution >= 0.6 is 27.5 Å². The molecule has 1 aliphatic rings. The lowest BCUT2D eigenvalue weighted by Gasteiger charge is -2.39. The third-order valence-electron chi connectivity index (χ3n) is 4.13. The van der Waals surface area contributed by atoms with Crippen LogP contribution in [0.1, 0.15) is 17.3 Å². The Hall–Kier alpha value is -1.85. The fraction of sp³-hybridized carbons (Fsp3) is 0.222. The Labute approximate surface area is 154 Å². The van der Waals surface area contributed by atoms with Crippen molar-refractivity contribution in [2.45, 2.75) is 13.0 Å². The van der Waals surface area contributed by atoms with Crippen molar-refractivity contribution < 1.29 is 9.59 Å². The van der Waals surface area contributed by atoms with Gasteiger partial charge in [-0.2, -0.15) is 0 Å². The molecule has 2 aromatic rings. The largest absolute Gasteiger partial charge is 0.325 e. The highest BCUT2D eigenvalue weighted by Crippen LogP contribution is 2.24. The van der Waals surface area contributed by atoms with E-state index in [1.165, 1.54) is 0 Å². The second kappa shape index (κ2) is 6.95. The molecule has 1 saturated heterocycles. The SMILES string of the molecule is C[C@@H]1C(=O)N(c2cccc(Br)c2)CCN1C(=O)c1ccc(Cl)cc1. The molecular weight excluding hydrogens is 392 g/mol. The van der Waals surface area contributed by atoms with Gasteiger partial charge in [-0.15, -0.1) is 0 Å². The molecular formula is C18H16BrClN2O2. The lowest BCUT2D eigenvalue weighted by atomic mass is 10.1. The van der Waals surface area contributed by atoms with E-state index >= 15 is 0 Å². The van der Waals surface area contributed by atoms with Gasteiger partial charge in [0.25, 0.3) is 5.91 Å². The Bertz CT molecular complexity index is 779. The van der Waals surface area contributed by atoms with Crippen LogP contribution < -0.4 is 4.90 Å². The summed E-state index contributed by atoms with van der Waals surface area (Å²) < 4.78 is 0.917. The van der Waals surface area contributed by atoms with E-state index in [-0.39, 0.29) is 11.8 Å². The van der Waals surface area contributed by atoms with Crippen molar-refractivity contribution in [3.8, 4) is 0 Å². The van der Waals surface area contributed by atoms with Gasteiger partial charge in [-0.3, -0.25) is 9.59 Å². The number of amides is 2. The van der Waals surface area contributed by atoms with Gasteiger partial charge in [0.2, 0.25) is 5.91 Å². The smallest absolute Gasteiger partial charge is 0.254 e. The molecule has 2 aromatic carbocycles. The minimum Gasteiger partial charge on any atom is -0.325 e. The molecule has 0 radical (unpaired) electrons. The summed E-state index contributed by atoms with van der Waals surface area (Å²) in [6.45, 7) is 2.72. The van der Waals surface area contributed by atoms with E-state index in [0.29, 0.717) is 23.7 Å². The number of piperazine rings is 1. The highest BCUT2D eigenvalue weighted by molar-refractivity contribution is 9.10. The number of carbonyl (C=O) groups is 2. The van der Waals surface area contributed by atoms with Crippen LogP contribution in [0.2, 0.25) is 5.02 Å². The average Bonchev–Trinajstić information content (AvgIpc) is 2.57. The van der Waals surface area contributed by atoms with Gasteiger partial charge in [0.1, 0.15) is 6.04 Å². The number of anilines is 1. The zero-order valence-corrected chi connectivity index (χ0v) is 15.4. The van der Waals surface area contributed by atoms with Crippen LogP contribution in [-0.4, -0.2) is 35.8 Å². The number of nitrogens with zero attached hydrogens (tertiary/aromatic N) is 2. The first-order valence-electron chi connectivity index (χ1n) is 7.61. The van der Waals surface area contributed by atoms with Crippen LogP contribution in [0.5, 0.6) is 0 Å². The van der Waals surface area contributed by atoms with Crippen molar-refractivity contribution in [1.29, 1.82) is 0 Å². The first-order valence-corrected chi connectivity index (χ1v) is 8.78. The summed E-state index contributed by atoms with van der Waals surface area (Å²) in [5.41, 5.74) is 1.37. The molecule has 3 rings (SSSR count). The second-order valence-corrected chi connectivity index (χ2v) is 7.00. The monoisotopic (exact) mass is 406 g/mol. The highest BCUT2D eigenvalue weighted by atomic mass is 79.9. The van der Waals surface area contributed by atoms with Gasteiger partial charge >= 0.3 is 0 Å². The third kappa shape index (κ3) is 3.32. The van der Waals surface area contributed by atoms with Crippen molar-refractivity contribution in [1.82, 2.24) is 4.90 Å². The van der Waals surface area contributed by atoms with Crippen LogP contribution in [0.3, 0.4) is 0 Å². The van der Waals surface area contributed by atoms with E-state index in [2.05, 4.69) is 15.9 Å². The Balaban J connectivity index is 1.79. The maximum absolute atomic E-state index is 12.7. The predicted molar refractivity (Wildman–Crippen MR) is 98.4 cm³/mol. The molecule has 0 aromatic heterocycles. The van der Waals surface area contributed by atoms with Gasteiger partial charge in [0.05, 0.1) is 0 Å². The van der Waals surface area contributed by atoms with Gasteiger partial charge in [-0.05, 0) is 49.4 Å². The number of halogens is 2. The Kier molecular flexibility index (Phi) is 4.92. The molecule has 0 unspecified atom stereocenters. The molecule has 4 nitrogen and oxygen atoms in total. The van der Waals surface area contributed by atoms with E-state index < -0.39 is 6.04 Å². The first-order chi connectivity index (χ1) is 11.5. The van der Waals surface area contributed by atoms with Crippen LogP contribution in [0.25, 0.3) is 0 Å². The van der Waals surface area contributed by atoms with Crippen LogP contribution in [-0.2, 0) is 4.79 Å². The second-order valence-electron chi connectivity index (χ2n) is 5.65. The molecule has 0 N–H and O–H groups in total. The number of hydrogen-bond donors (Lipinski definition) is 0. The van der Waals surface area contributed by atoms with E-state index in [1.807, 2.05) is 24.3 Å². The van der Waals surface area contributed by atoms with Gasteiger partial charge < -0.3 is 9.80 Å². The number of hydrogen-bond acceptors (Lipinski definition) is 2. The van der Waals surface area contributed by atoms with Gasteiger partial charge in [-0.25, -0.2) is 0 Å². The zero-order valence-electron chi connectivity index (χ0n) is 13.1. The van der Waals surface area contributed by atoms with Gasteiger partial charge in [-0.1, -0.05) is 33.6 Å². The number of carbonyl (C=O) groups excluding carboxylic acids is 2. The van der Waals surface area contributed by atoms with Crippen LogP contribution in [0.15, 0.2) is 53.0 Å². The molecule has 0 saturated carbocycles. The molecule has 1 aliphatic heterocycles. The van der Waals surface area contributed by atoms with Crippen LogP contribution in [0, 0.1) is 0 Å². The lowest BCUT2D eigenvalue weighted by molar-refractivity contribution is -0.124. The quantitative estimate of drug-likeness (QED) is 0.755. The van der Waals surface area contributed by atoms with E-state index in [4.69, 9.17) is 11.6 Å². The minimum atomic E-state index is -0.513. The fourth-order valence-electron chi connectivity index (χ4n) is 2.81. The lowest BCUT2D eigenvalue weighted by Crippen LogP contribution is -2.57. The Morgan fingerprint density at radius 1 is 1.17 bits per heavy atom. The van der Waals surface area contributed by atoms with E-state index in [1.54, 1.807) is 41.0 Å². The maximum Gasteiger partial charge on any atom is 0.254 e. The molecule has 1 fully saturated rings. The van der Waals surface area contributed by atoms with E-state index in [9.17, 15) is 9.59 Å². The van der Waals surface area contributed by atoms with Crippen molar-refractivity contribution in [3.63, 3.8) is 0 Å². The minimum absolute atomic E-state index is 0.0818. The molecule has 1 atom stereocenters. The van der Waals surface area contributed by atoms with Crippen molar-refractivity contribution in [2.24, 2.45) is 0 Å². The topological polar surface area (TPSA) is 40.6 Å². The van der Waals surface area contributed by atoms with Gasteiger partial charge in [0.15, 0.2) is 0 Å². The molecule has 1 heterocycles.